The average molecular weight is 364 g/mol. The molecule has 1 N–H and O–H groups in total. The molecule has 6 nitrogen and oxygen atoms in total. The van der Waals surface area contributed by atoms with Crippen molar-refractivity contribution in [3.8, 4) is 0 Å². The Kier molecular flexibility index (Phi) is 5.56. The van der Waals surface area contributed by atoms with Crippen LogP contribution in [-0.2, 0) is 21.5 Å². The summed E-state index contributed by atoms with van der Waals surface area (Å²) in [6.07, 6.45) is 2.61. The van der Waals surface area contributed by atoms with Crippen LogP contribution < -0.4 is 4.90 Å². The lowest BCUT2D eigenvalue weighted by atomic mass is 9.58. The highest BCUT2D eigenvalue weighted by molar-refractivity contribution is 5.41. The Morgan fingerprint density at radius 2 is 1.96 bits per heavy atom. The molecule has 26 heavy (non-hydrogen) atoms. The largest absolute Gasteiger partial charge is 0.392 e. The molecule has 2 atom stereocenters. The minimum atomic E-state index is -0.235. The maximum Gasteiger partial charge on any atom is 0.136 e. The highest BCUT2D eigenvalue weighted by Gasteiger charge is 2.56. The molecule has 1 spiro atoms. The average Bonchev–Trinajstić information content (AvgIpc) is 2.61. The number of nitrogens with zero attached hydrogens (tertiary/aromatic N) is 3. The Labute approximate surface area is 156 Å². The molecular weight excluding hydrogens is 330 g/mol. The van der Waals surface area contributed by atoms with Crippen molar-refractivity contribution in [1.29, 1.82) is 0 Å². The number of anilines is 1. The number of methoxy groups -OCH3 is 1. The number of aliphatic hydroxyl groups is 1. The van der Waals surface area contributed by atoms with Crippen molar-refractivity contribution in [2.45, 2.75) is 71.2 Å². The van der Waals surface area contributed by atoms with E-state index in [0.717, 1.165) is 49.7 Å². The topological polar surface area (TPSA) is 67.7 Å². The van der Waals surface area contributed by atoms with E-state index >= 15 is 0 Å². The maximum atomic E-state index is 10.4. The van der Waals surface area contributed by atoms with Crippen LogP contribution in [0.15, 0.2) is 6.07 Å². The maximum absolute atomic E-state index is 10.4. The summed E-state index contributed by atoms with van der Waals surface area (Å²) in [5, 5.41) is 10.4. The predicted molar refractivity (Wildman–Crippen MR) is 101 cm³/mol. The summed E-state index contributed by atoms with van der Waals surface area (Å²) in [6, 6.07) is 2.04. The first kappa shape index (κ1) is 19.5. The first-order chi connectivity index (χ1) is 12.3. The van der Waals surface area contributed by atoms with Crippen molar-refractivity contribution in [3.05, 3.63) is 17.6 Å². The zero-order valence-corrected chi connectivity index (χ0v) is 16.8. The van der Waals surface area contributed by atoms with E-state index in [1.807, 2.05) is 13.0 Å². The first-order valence-corrected chi connectivity index (χ1v) is 9.72. The predicted octanol–water partition coefficient (Wildman–Crippen LogP) is 2.68. The van der Waals surface area contributed by atoms with Gasteiger partial charge in [0.2, 0.25) is 0 Å². The fourth-order valence-corrected chi connectivity index (χ4v) is 4.17. The van der Waals surface area contributed by atoms with Gasteiger partial charge in [0, 0.05) is 50.1 Å². The van der Waals surface area contributed by atoms with Gasteiger partial charge in [0.1, 0.15) is 11.6 Å². The lowest BCUT2D eigenvalue weighted by molar-refractivity contribution is -0.199. The molecule has 6 heteroatoms. The lowest BCUT2D eigenvalue weighted by Crippen LogP contribution is -2.62. The van der Waals surface area contributed by atoms with E-state index in [0.29, 0.717) is 13.2 Å². The molecule has 2 aliphatic rings. The van der Waals surface area contributed by atoms with Crippen LogP contribution in [0.3, 0.4) is 0 Å². The van der Waals surface area contributed by atoms with Crippen LogP contribution in [0.1, 0.15) is 58.5 Å². The number of aromatic nitrogens is 2. The normalized spacial score (nSPS) is 25.4. The van der Waals surface area contributed by atoms with Crippen LogP contribution in [0.5, 0.6) is 0 Å². The van der Waals surface area contributed by atoms with E-state index in [-0.39, 0.29) is 23.0 Å². The van der Waals surface area contributed by atoms with Crippen molar-refractivity contribution in [2.75, 3.05) is 31.7 Å². The number of aliphatic hydroxyl groups excluding tert-OH is 1. The lowest BCUT2D eigenvalue weighted by Gasteiger charge is -2.56. The van der Waals surface area contributed by atoms with E-state index in [9.17, 15) is 5.11 Å². The number of piperidine rings is 1. The fourth-order valence-electron chi connectivity index (χ4n) is 4.17. The summed E-state index contributed by atoms with van der Waals surface area (Å²) in [5.41, 5.74) is 0.736. The monoisotopic (exact) mass is 363 g/mol. The Balaban J connectivity index is 1.77. The van der Waals surface area contributed by atoms with E-state index < -0.39 is 0 Å². The SMILES string of the molecule is CCOC1CC(O)C12CCN(c1cc(COC)nc(C(C)(C)C)n1)CC2. The van der Waals surface area contributed by atoms with Crippen LogP contribution >= 0.6 is 0 Å². The van der Waals surface area contributed by atoms with Gasteiger partial charge in [-0.25, -0.2) is 9.97 Å². The van der Waals surface area contributed by atoms with Gasteiger partial charge in [-0.15, -0.1) is 0 Å². The summed E-state index contributed by atoms with van der Waals surface area (Å²) >= 11 is 0. The van der Waals surface area contributed by atoms with Crippen LogP contribution in [0, 0.1) is 5.41 Å². The Morgan fingerprint density at radius 3 is 2.50 bits per heavy atom. The van der Waals surface area contributed by atoms with Crippen molar-refractivity contribution in [2.24, 2.45) is 5.41 Å². The smallest absolute Gasteiger partial charge is 0.136 e. The second-order valence-electron chi connectivity index (χ2n) is 8.64. The van der Waals surface area contributed by atoms with Gasteiger partial charge in [-0.2, -0.15) is 0 Å². The third kappa shape index (κ3) is 3.59. The molecule has 2 heterocycles. The summed E-state index contributed by atoms with van der Waals surface area (Å²) in [6.45, 7) is 11.4. The number of hydrogen-bond donors (Lipinski definition) is 1. The zero-order chi connectivity index (χ0) is 18.9. The Hall–Kier alpha value is -1.24. The molecule has 0 aromatic carbocycles. The summed E-state index contributed by atoms with van der Waals surface area (Å²) in [7, 11) is 1.69. The third-order valence-electron chi connectivity index (χ3n) is 5.86. The minimum absolute atomic E-state index is 0.0677. The summed E-state index contributed by atoms with van der Waals surface area (Å²) in [4.78, 5) is 11.8. The molecule has 0 amide bonds. The summed E-state index contributed by atoms with van der Waals surface area (Å²) < 4.78 is 11.2. The molecule has 2 unspecified atom stereocenters. The first-order valence-electron chi connectivity index (χ1n) is 9.72. The molecule has 1 saturated heterocycles. The van der Waals surface area contributed by atoms with Crippen molar-refractivity contribution in [1.82, 2.24) is 9.97 Å². The van der Waals surface area contributed by atoms with Gasteiger partial charge in [-0.05, 0) is 19.8 Å². The third-order valence-corrected chi connectivity index (χ3v) is 5.86. The van der Waals surface area contributed by atoms with Gasteiger partial charge in [-0.3, -0.25) is 0 Å². The van der Waals surface area contributed by atoms with Gasteiger partial charge in [0.15, 0.2) is 0 Å². The minimum Gasteiger partial charge on any atom is -0.392 e. The van der Waals surface area contributed by atoms with Gasteiger partial charge in [-0.1, -0.05) is 20.8 Å². The van der Waals surface area contributed by atoms with E-state index in [4.69, 9.17) is 14.5 Å². The van der Waals surface area contributed by atoms with Gasteiger partial charge in [0.25, 0.3) is 0 Å². The highest BCUT2D eigenvalue weighted by atomic mass is 16.5. The molecule has 3 rings (SSSR count). The van der Waals surface area contributed by atoms with E-state index in [1.54, 1.807) is 7.11 Å². The molecule has 1 aliphatic carbocycles. The van der Waals surface area contributed by atoms with Crippen molar-refractivity contribution >= 4 is 5.82 Å². The van der Waals surface area contributed by atoms with Crippen LogP contribution in [-0.4, -0.2) is 54.1 Å². The zero-order valence-electron chi connectivity index (χ0n) is 16.8. The molecular formula is C20H33N3O3. The van der Waals surface area contributed by atoms with Gasteiger partial charge < -0.3 is 19.5 Å². The van der Waals surface area contributed by atoms with E-state index in [2.05, 4.69) is 30.7 Å². The molecule has 1 aliphatic heterocycles. The second-order valence-corrected chi connectivity index (χ2v) is 8.64. The highest BCUT2D eigenvalue weighted by Crippen LogP contribution is 2.51. The molecule has 0 bridgehead atoms. The molecule has 1 aromatic rings. The molecule has 2 fully saturated rings. The van der Waals surface area contributed by atoms with E-state index in [1.165, 1.54) is 0 Å². The van der Waals surface area contributed by atoms with Crippen molar-refractivity contribution in [3.63, 3.8) is 0 Å². The Bertz CT molecular complexity index is 619. The molecule has 1 saturated carbocycles. The molecule has 0 radical (unpaired) electrons. The van der Waals surface area contributed by atoms with Crippen LogP contribution in [0.4, 0.5) is 5.82 Å². The van der Waals surface area contributed by atoms with Gasteiger partial charge in [0.05, 0.1) is 24.5 Å². The Morgan fingerprint density at radius 1 is 1.27 bits per heavy atom. The number of rotatable bonds is 5. The number of hydrogen-bond acceptors (Lipinski definition) is 6. The molecule has 1 aromatic heterocycles. The quantitative estimate of drug-likeness (QED) is 0.867. The van der Waals surface area contributed by atoms with Crippen molar-refractivity contribution < 1.29 is 14.6 Å². The number of ether oxygens (including phenoxy) is 2. The molecule has 146 valence electrons. The summed E-state index contributed by atoms with van der Waals surface area (Å²) in [5.74, 6) is 1.81. The fraction of sp³-hybridized carbons (Fsp3) is 0.800. The second kappa shape index (κ2) is 7.41. The standard InChI is InChI=1S/C20H33N3O3/c1-6-26-16-12-15(24)20(16)7-9-23(10-8-20)17-11-14(13-25-5)21-18(22-17)19(2,3)4/h11,15-16,24H,6-10,12-13H2,1-5H3. The van der Waals surface area contributed by atoms with Gasteiger partial charge >= 0.3 is 0 Å². The van der Waals surface area contributed by atoms with Crippen LogP contribution in [0.2, 0.25) is 0 Å². The van der Waals surface area contributed by atoms with Crippen LogP contribution in [0.25, 0.3) is 0 Å².